The smallest absolute Gasteiger partial charge is 0.155 e. The van der Waals surface area contributed by atoms with Gasteiger partial charge >= 0.3 is 0 Å². The average molecular weight is 241 g/mol. The fraction of sp³-hybridized carbons (Fsp3) is 0. The number of hydrogen-bond donors (Lipinski definition) is 0. The Hall–Kier alpha value is -1.93. The van der Waals surface area contributed by atoms with E-state index in [0.717, 1.165) is 16.6 Å². The molecule has 2 nitrogen and oxygen atoms in total. The number of benzene rings is 2. The highest BCUT2D eigenvalue weighted by atomic mass is 35.5. The Balaban J connectivity index is 2.35. The first-order valence-electron chi connectivity index (χ1n) is 5.31. The van der Waals surface area contributed by atoms with E-state index in [1.54, 1.807) is 12.4 Å². The SMILES string of the molecule is Clc1nccnc1-c1cccc2ccccc12. The minimum absolute atomic E-state index is 0.434. The van der Waals surface area contributed by atoms with Gasteiger partial charge in [-0.2, -0.15) is 0 Å². The van der Waals surface area contributed by atoms with Gasteiger partial charge in [0.15, 0.2) is 5.15 Å². The monoisotopic (exact) mass is 240 g/mol. The summed E-state index contributed by atoms with van der Waals surface area (Å²) < 4.78 is 0. The molecular formula is C14H9ClN2. The van der Waals surface area contributed by atoms with Gasteiger partial charge in [-0.25, -0.2) is 4.98 Å². The molecule has 1 aromatic heterocycles. The second-order valence-corrected chi connectivity index (χ2v) is 4.08. The summed E-state index contributed by atoms with van der Waals surface area (Å²) in [7, 11) is 0. The molecule has 0 N–H and O–H groups in total. The fourth-order valence-electron chi connectivity index (χ4n) is 1.93. The van der Waals surface area contributed by atoms with Crippen LogP contribution >= 0.6 is 11.6 Å². The van der Waals surface area contributed by atoms with E-state index in [1.807, 2.05) is 24.3 Å². The molecule has 1 heterocycles. The van der Waals surface area contributed by atoms with Crippen LogP contribution in [0, 0.1) is 0 Å². The Morgan fingerprint density at radius 3 is 2.47 bits per heavy atom. The van der Waals surface area contributed by atoms with E-state index in [2.05, 4.69) is 28.2 Å². The van der Waals surface area contributed by atoms with Crippen LogP contribution in [0.25, 0.3) is 22.0 Å². The summed E-state index contributed by atoms with van der Waals surface area (Å²) in [6.45, 7) is 0. The van der Waals surface area contributed by atoms with Gasteiger partial charge in [0.05, 0.1) is 0 Å². The van der Waals surface area contributed by atoms with Crippen molar-refractivity contribution in [3.8, 4) is 11.3 Å². The fourth-order valence-corrected chi connectivity index (χ4v) is 2.14. The molecule has 0 bridgehead atoms. The van der Waals surface area contributed by atoms with E-state index in [1.165, 1.54) is 5.39 Å². The molecule has 3 heteroatoms. The highest BCUT2D eigenvalue weighted by molar-refractivity contribution is 6.32. The first-order valence-corrected chi connectivity index (χ1v) is 5.69. The molecule has 0 radical (unpaired) electrons. The van der Waals surface area contributed by atoms with Crippen molar-refractivity contribution >= 4 is 22.4 Å². The predicted molar refractivity (Wildman–Crippen MR) is 70.0 cm³/mol. The van der Waals surface area contributed by atoms with Crippen molar-refractivity contribution in [2.75, 3.05) is 0 Å². The molecule has 0 aliphatic heterocycles. The molecule has 2 aromatic carbocycles. The lowest BCUT2D eigenvalue weighted by molar-refractivity contribution is 1.21. The molecule has 0 aliphatic rings. The quantitative estimate of drug-likeness (QED) is 0.644. The van der Waals surface area contributed by atoms with Gasteiger partial charge in [0, 0.05) is 18.0 Å². The van der Waals surface area contributed by atoms with E-state index in [-0.39, 0.29) is 0 Å². The van der Waals surface area contributed by atoms with Crippen LogP contribution in [-0.4, -0.2) is 9.97 Å². The van der Waals surface area contributed by atoms with Crippen molar-refractivity contribution in [3.63, 3.8) is 0 Å². The second kappa shape index (κ2) is 4.15. The van der Waals surface area contributed by atoms with E-state index in [9.17, 15) is 0 Å². The number of halogens is 1. The molecule has 0 fully saturated rings. The Bertz CT molecular complexity index is 674. The Kier molecular flexibility index (Phi) is 2.50. The lowest BCUT2D eigenvalue weighted by atomic mass is 10.0. The number of fused-ring (bicyclic) bond motifs is 1. The normalized spacial score (nSPS) is 10.6. The summed E-state index contributed by atoms with van der Waals surface area (Å²) in [4.78, 5) is 8.37. The van der Waals surface area contributed by atoms with Crippen LogP contribution in [0.1, 0.15) is 0 Å². The van der Waals surface area contributed by atoms with Gasteiger partial charge in [-0.1, -0.05) is 54.1 Å². The maximum atomic E-state index is 6.09. The third-order valence-corrected chi connectivity index (χ3v) is 2.97. The van der Waals surface area contributed by atoms with Gasteiger partial charge in [0.1, 0.15) is 5.69 Å². The van der Waals surface area contributed by atoms with Gasteiger partial charge in [-0.05, 0) is 10.8 Å². The van der Waals surface area contributed by atoms with E-state index in [4.69, 9.17) is 11.6 Å². The van der Waals surface area contributed by atoms with Gasteiger partial charge in [0.2, 0.25) is 0 Å². The number of rotatable bonds is 1. The summed E-state index contributed by atoms with van der Waals surface area (Å²) in [6.07, 6.45) is 3.25. The molecule has 17 heavy (non-hydrogen) atoms. The Labute approximate surface area is 104 Å². The number of nitrogens with zero attached hydrogens (tertiary/aromatic N) is 2. The molecule has 0 amide bonds. The predicted octanol–water partition coefficient (Wildman–Crippen LogP) is 3.95. The van der Waals surface area contributed by atoms with Gasteiger partial charge < -0.3 is 0 Å². The number of hydrogen-bond acceptors (Lipinski definition) is 2. The van der Waals surface area contributed by atoms with Crippen molar-refractivity contribution in [1.82, 2.24) is 9.97 Å². The number of aromatic nitrogens is 2. The van der Waals surface area contributed by atoms with Crippen molar-refractivity contribution in [2.24, 2.45) is 0 Å². The van der Waals surface area contributed by atoms with Crippen molar-refractivity contribution in [3.05, 3.63) is 60.0 Å². The molecular weight excluding hydrogens is 232 g/mol. The highest BCUT2D eigenvalue weighted by Crippen LogP contribution is 2.30. The first kappa shape index (κ1) is 10.2. The van der Waals surface area contributed by atoms with E-state index >= 15 is 0 Å². The van der Waals surface area contributed by atoms with Crippen LogP contribution in [0.4, 0.5) is 0 Å². The summed E-state index contributed by atoms with van der Waals surface area (Å²) in [6, 6.07) is 14.3. The molecule has 3 rings (SSSR count). The minimum atomic E-state index is 0.434. The zero-order valence-corrected chi connectivity index (χ0v) is 9.72. The Morgan fingerprint density at radius 2 is 1.59 bits per heavy atom. The molecule has 3 aromatic rings. The molecule has 0 saturated heterocycles. The molecule has 0 saturated carbocycles. The topological polar surface area (TPSA) is 25.8 Å². The van der Waals surface area contributed by atoms with Crippen LogP contribution in [0.2, 0.25) is 5.15 Å². The van der Waals surface area contributed by atoms with Crippen LogP contribution < -0.4 is 0 Å². The van der Waals surface area contributed by atoms with Crippen molar-refractivity contribution in [2.45, 2.75) is 0 Å². The molecule has 0 aliphatic carbocycles. The Morgan fingerprint density at radius 1 is 0.824 bits per heavy atom. The summed E-state index contributed by atoms with van der Waals surface area (Å²) in [5, 5.41) is 2.74. The van der Waals surface area contributed by atoms with Gasteiger partial charge in [-0.3, -0.25) is 4.98 Å². The second-order valence-electron chi connectivity index (χ2n) is 3.72. The molecule has 82 valence electrons. The van der Waals surface area contributed by atoms with Crippen LogP contribution in [0.15, 0.2) is 54.9 Å². The van der Waals surface area contributed by atoms with Gasteiger partial charge in [-0.15, -0.1) is 0 Å². The summed E-state index contributed by atoms with van der Waals surface area (Å²) >= 11 is 6.09. The van der Waals surface area contributed by atoms with Crippen molar-refractivity contribution < 1.29 is 0 Å². The van der Waals surface area contributed by atoms with Crippen LogP contribution in [-0.2, 0) is 0 Å². The minimum Gasteiger partial charge on any atom is -0.251 e. The van der Waals surface area contributed by atoms with E-state index < -0.39 is 0 Å². The maximum Gasteiger partial charge on any atom is 0.155 e. The van der Waals surface area contributed by atoms with Crippen LogP contribution in [0.3, 0.4) is 0 Å². The molecule has 0 atom stereocenters. The third-order valence-electron chi connectivity index (χ3n) is 2.70. The largest absolute Gasteiger partial charge is 0.251 e. The molecule has 0 unspecified atom stereocenters. The summed E-state index contributed by atoms with van der Waals surface area (Å²) in [5.41, 5.74) is 1.74. The summed E-state index contributed by atoms with van der Waals surface area (Å²) in [5.74, 6) is 0. The van der Waals surface area contributed by atoms with Crippen LogP contribution in [0.5, 0.6) is 0 Å². The van der Waals surface area contributed by atoms with Crippen molar-refractivity contribution in [1.29, 1.82) is 0 Å². The zero-order valence-electron chi connectivity index (χ0n) is 8.97. The van der Waals surface area contributed by atoms with E-state index in [0.29, 0.717) is 5.15 Å². The standard InChI is InChI=1S/C14H9ClN2/c15-14-13(16-8-9-17-14)12-7-3-5-10-4-1-2-6-11(10)12/h1-9H. The highest BCUT2D eigenvalue weighted by Gasteiger charge is 2.08. The lowest BCUT2D eigenvalue weighted by Crippen LogP contribution is -1.88. The molecule has 0 spiro atoms. The maximum absolute atomic E-state index is 6.09. The van der Waals surface area contributed by atoms with Gasteiger partial charge in [0.25, 0.3) is 0 Å². The zero-order chi connectivity index (χ0) is 11.7. The third kappa shape index (κ3) is 1.77. The lowest BCUT2D eigenvalue weighted by Gasteiger charge is -2.06. The average Bonchev–Trinajstić information content (AvgIpc) is 2.39. The first-order chi connectivity index (χ1) is 8.36.